The first-order valence-corrected chi connectivity index (χ1v) is 9.28. The van der Waals surface area contributed by atoms with Crippen molar-refractivity contribution in [3.05, 3.63) is 29.8 Å². The Labute approximate surface area is 139 Å². The molecule has 3 rings (SSSR count). The van der Waals surface area contributed by atoms with Gasteiger partial charge in [-0.2, -0.15) is 12.7 Å². The minimum atomic E-state index is -4.72. The molecule has 1 heterocycles. The summed E-state index contributed by atoms with van der Waals surface area (Å²) in [6, 6.07) is 5.54. The number of hydrogen-bond acceptors (Lipinski definition) is 3. The summed E-state index contributed by atoms with van der Waals surface area (Å²) in [5.74, 6) is 0.188. The van der Waals surface area contributed by atoms with Gasteiger partial charge in [-0.1, -0.05) is 12.1 Å². The zero-order valence-corrected chi connectivity index (χ0v) is 13.7. The van der Waals surface area contributed by atoms with Crippen LogP contribution in [0, 0.1) is 5.92 Å². The van der Waals surface area contributed by atoms with Crippen LogP contribution < -0.4 is 9.46 Å². The monoisotopic (exact) mass is 364 g/mol. The zero-order chi connectivity index (χ0) is 17.4. The predicted molar refractivity (Wildman–Crippen MR) is 81.6 cm³/mol. The van der Waals surface area contributed by atoms with Crippen molar-refractivity contribution in [2.24, 2.45) is 5.92 Å². The molecule has 0 spiro atoms. The Morgan fingerprint density at radius 1 is 1.21 bits per heavy atom. The maximum absolute atomic E-state index is 12.3. The summed E-state index contributed by atoms with van der Waals surface area (Å²) in [5, 5.41) is 0. The van der Waals surface area contributed by atoms with Gasteiger partial charge < -0.3 is 4.74 Å². The quantitative estimate of drug-likeness (QED) is 0.844. The van der Waals surface area contributed by atoms with E-state index in [1.165, 1.54) is 24.3 Å². The second kappa shape index (κ2) is 6.53. The molecular weight excluding hydrogens is 345 g/mol. The highest BCUT2D eigenvalue weighted by Gasteiger charge is 2.43. The minimum absolute atomic E-state index is 0.117. The third kappa shape index (κ3) is 4.20. The van der Waals surface area contributed by atoms with Crippen LogP contribution in [0.25, 0.3) is 0 Å². The standard InChI is InChI=1S/C15H19F3N2O3S/c16-15(17,18)23-14-5-2-11(3-6-14)7-8-19-24(21,22)20-10-12-1-4-13(20)9-12/h2-3,5-6,12-13,19H,1,4,7-10H2. The molecule has 134 valence electrons. The molecule has 0 radical (unpaired) electrons. The molecule has 9 heteroatoms. The Morgan fingerprint density at radius 3 is 2.46 bits per heavy atom. The highest BCUT2D eigenvalue weighted by Crippen LogP contribution is 2.38. The van der Waals surface area contributed by atoms with Crippen LogP contribution in [0.15, 0.2) is 24.3 Å². The van der Waals surface area contributed by atoms with E-state index in [9.17, 15) is 21.6 Å². The molecule has 2 fully saturated rings. The van der Waals surface area contributed by atoms with Crippen molar-refractivity contribution in [2.75, 3.05) is 13.1 Å². The van der Waals surface area contributed by atoms with Gasteiger partial charge in [0.25, 0.3) is 10.2 Å². The van der Waals surface area contributed by atoms with Crippen LogP contribution in [0.2, 0.25) is 0 Å². The largest absolute Gasteiger partial charge is 0.573 e. The minimum Gasteiger partial charge on any atom is -0.406 e. The van der Waals surface area contributed by atoms with Gasteiger partial charge in [-0.15, -0.1) is 13.2 Å². The molecule has 1 aliphatic carbocycles. The number of ether oxygens (including phenoxy) is 1. The van der Waals surface area contributed by atoms with E-state index in [0.717, 1.165) is 24.8 Å². The van der Waals surface area contributed by atoms with Crippen LogP contribution in [0.4, 0.5) is 13.2 Å². The third-order valence-electron chi connectivity index (χ3n) is 4.52. The molecule has 24 heavy (non-hydrogen) atoms. The Morgan fingerprint density at radius 2 is 1.92 bits per heavy atom. The Bertz CT molecular complexity index is 676. The van der Waals surface area contributed by atoms with Crippen LogP contribution in [-0.2, 0) is 16.6 Å². The summed E-state index contributed by atoms with van der Waals surface area (Å²) in [6.07, 6.45) is -1.35. The summed E-state index contributed by atoms with van der Waals surface area (Å²) in [7, 11) is -3.48. The highest BCUT2D eigenvalue weighted by molar-refractivity contribution is 7.87. The number of hydrogen-bond donors (Lipinski definition) is 1. The average molecular weight is 364 g/mol. The summed E-state index contributed by atoms with van der Waals surface area (Å²) in [4.78, 5) is 0. The van der Waals surface area contributed by atoms with E-state index in [0.29, 0.717) is 18.9 Å². The van der Waals surface area contributed by atoms with E-state index in [1.54, 1.807) is 4.31 Å². The van der Waals surface area contributed by atoms with Crippen LogP contribution in [0.5, 0.6) is 5.75 Å². The highest BCUT2D eigenvalue weighted by atomic mass is 32.2. The van der Waals surface area contributed by atoms with Crippen molar-refractivity contribution in [1.82, 2.24) is 9.03 Å². The molecule has 5 nitrogen and oxygen atoms in total. The van der Waals surface area contributed by atoms with Crippen molar-refractivity contribution in [3.63, 3.8) is 0 Å². The number of nitrogens with zero attached hydrogens (tertiary/aromatic N) is 1. The fraction of sp³-hybridized carbons (Fsp3) is 0.600. The van der Waals surface area contributed by atoms with Gasteiger partial charge in [0.15, 0.2) is 0 Å². The number of halogens is 3. The van der Waals surface area contributed by atoms with E-state index < -0.39 is 16.6 Å². The third-order valence-corrected chi connectivity index (χ3v) is 6.16. The second-order valence-electron chi connectivity index (χ2n) is 6.24. The number of benzene rings is 1. The lowest BCUT2D eigenvalue weighted by Gasteiger charge is -2.26. The lowest BCUT2D eigenvalue weighted by Crippen LogP contribution is -2.45. The predicted octanol–water partition coefficient (Wildman–Crippen LogP) is 2.45. The molecule has 2 unspecified atom stereocenters. The average Bonchev–Trinajstić information content (AvgIpc) is 3.10. The molecule has 1 aliphatic heterocycles. The van der Waals surface area contributed by atoms with Gasteiger partial charge in [0.2, 0.25) is 0 Å². The van der Waals surface area contributed by atoms with E-state index in [4.69, 9.17) is 0 Å². The maximum atomic E-state index is 12.3. The van der Waals surface area contributed by atoms with Crippen molar-refractivity contribution in [1.29, 1.82) is 0 Å². The van der Waals surface area contributed by atoms with Crippen molar-refractivity contribution >= 4 is 10.2 Å². The van der Waals surface area contributed by atoms with Gasteiger partial charge in [0.05, 0.1) is 0 Å². The zero-order valence-electron chi connectivity index (χ0n) is 12.9. The Balaban J connectivity index is 1.49. The molecule has 0 aromatic heterocycles. The molecule has 1 saturated heterocycles. The second-order valence-corrected chi connectivity index (χ2v) is 7.95. The fourth-order valence-corrected chi connectivity index (χ4v) is 4.96. The van der Waals surface area contributed by atoms with Crippen molar-refractivity contribution < 1.29 is 26.3 Å². The van der Waals surface area contributed by atoms with Gasteiger partial charge in [-0.05, 0) is 49.3 Å². The number of nitrogens with one attached hydrogen (secondary N) is 1. The molecule has 2 bridgehead atoms. The topological polar surface area (TPSA) is 58.6 Å². The molecule has 1 aromatic rings. The lowest BCUT2D eigenvalue weighted by molar-refractivity contribution is -0.274. The molecule has 1 saturated carbocycles. The van der Waals surface area contributed by atoms with Crippen LogP contribution in [0.1, 0.15) is 24.8 Å². The molecule has 2 atom stereocenters. The summed E-state index contributed by atoms with van der Waals surface area (Å²) < 4.78 is 68.7. The van der Waals surface area contributed by atoms with Crippen LogP contribution in [0.3, 0.4) is 0 Å². The summed E-state index contributed by atoms with van der Waals surface area (Å²) in [5.41, 5.74) is 0.732. The fourth-order valence-electron chi connectivity index (χ4n) is 3.44. The Kier molecular flexibility index (Phi) is 4.76. The first kappa shape index (κ1) is 17.5. The van der Waals surface area contributed by atoms with Gasteiger partial charge in [-0.25, -0.2) is 4.72 Å². The molecule has 2 aliphatic rings. The van der Waals surface area contributed by atoms with Crippen molar-refractivity contribution in [2.45, 2.75) is 38.1 Å². The lowest BCUT2D eigenvalue weighted by atomic mass is 10.1. The van der Waals surface area contributed by atoms with E-state index in [2.05, 4.69) is 9.46 Å². The van der Waals surface area contributed by atoms with Gasteiger partial charge in [0, 0.05) is 19.1 Å². The van der Waals surface area contributed by atoms with Gasteiger partial charge in [-0.3, -0.25) is 0 Å². The van der Waals surface area contributed by atoms with Gasteiger partial charge in [0.1, 0.15) is 5.75 Å². The SMILES string of the molecule is O=S(=O)(NCCc1ccc(OC(F)(F)F)cc1)N1CC2CCC1C2. The molecule has 1 aromatic carbocycles. The van der Waals surface area contributed by atoms with E-state index in [-0.39, 0.29) is 18.3 Å². The first-order valence-electron chi connectivity index (χ1n) is 7.84. The molecule has 1 N–H and O–H groups in total. The summed E-state index contributed by atoms with van der Waals surface area (Å²) in [6.45, 7) is 0.791. The number of piperidine rings is 1. The van der Waals surface area contributed by atoms with E-state index >= 15 is 0 Å². The normalized spacial score (nSPS) is 24.5. The smallest absolute Gasteiger partial charge is 0.406 e. The molecular formula is C15H19F3N2O3S. The Hall–Kier alpha value is -1.32. The van der Waals surface area contributed by atoms with Gasteiger partial charge >= 0.3 is 6.36 Å². The molecule has 0 amide bonds. The maximum Gasteiger partial charge on any atom is 0.573 e. The van der Waals surface area contributed by atoms with Crippen LogP contribution in [-0.4, -0.2) is 38.2 Å². The van der Waals surface area contributed by atoms with Crippen molar-refractivity contribution in [3.8, 4) is 5.75 Å². The number of rotatable bonds is 6. The van der Waals surface area contributed by atoms with Crippen LogP contribution >= 0.6 is 0 Å². The number of alkyl halides is 3. The van der Waals surface area contributed by atoms with E-state index in [1.807, 2.05) is 0 Å². The number of fused-ring (bicyclic) bond motifs is 2. The first-order chi connectivity index (χ1) is 11.2. The summed E-state index contributed by atoms with van der Waals surface area (Å²) >= 11 is 0.